The highest BCUT2D eigenvalue weighted by Gasteiger charge is 2.43. The van der Waals surface area contributed by atoms with Gasteiger partial charge in [0.2, 0.25) is 0 Å². The summed E-state index contributed by atoms with van der Waals surface area (Å²) in [5.41, 5.74) is 0.764. The zero-order valence-corrected chi connectivity index (χ0v) is 10.9. The van der Waals surface area contributed by atoms with Gasteiger partial charge >= 0.3 is 0 Å². The number of fused-ring (bicyclic) bond motifs is 1. The number of anilines is 1. The van der Waals surface area contributed by atoms with Crippen molar-refractivity contribution in [1.29, 1.82) is 0 Å². The number of aliphatic hydroxyl groups is 4. The maximum atomic E-state index is 10.0. The Hall–Kier alpha value is -1.85. The smallest absolute Gasteiger partial charge is 0.167 e. The minimum atomic E-state index is -1.22. The van der Waals surface area contributed by atoms with E-state index in [0.717, 1.165) is 0 Å². The molecular weight excluding hydrogens is 282 g/mol. The molecule has 4 unspecified atom stereocenters. The summed E-state index contributed by atoms with van der Waals surface area (Å²) in [5, 5.41) is 40.5. The molecule has 114 valence electrons. The van der Waals surface area contributed by atoms with E-state index in [1.807, 2.05) is 0 Å². The first-order valence-electron chi connectivity index (χ1n) is 6.32. The van der Waals surface area contributed by atoms with Crippen LogP contribution in [0, 0.1) is 0 Å². The van der Waals surface area contributed by atoms with Crippen molar-refractivity contribution in [1.82, 2.24) is 19.5 Å². The molecule has 2 aromatic rings. The van der Waals surface area contributed by atoms with E-state index in [9.17, 15) is 10.2 Å². The second-order valence-corrected chi connectivity index (χ2v) is 4.61. The van der Waals surface area contributed by atoms with Crippen LogP contribution in [0.15, 0.2) is 12.7 Å². The van der Waals surface area contributed by atoms with Gasteiger partial charge < -0.3 is 30.5 Å². The number of hydrogen-bond acceptors (Lipinski definition) is 9. The van der Waals surface area contributed by atoms with E-state index >= 15 is 0 Å². The monoisotopic (exact) mass is 297 g/mol. The number of aromatic nitrogens is 4. The zero-order valence-electron chi connectivity index (χ0n) is 10.9. The largest absolute Gasteiger partial charge is 0.394 e. The maximum absolute atomic E-state index is 10.0. The van der Waals surface area contributed by atoms with E-state index in [4.69, 9.17) is 14.9 Å². The first-order valence-corrected chi connectivity index (χ1v) is 6.32. The topological polar surface area (TPSA) is 146 Å². The molecule has 5 N–H and O–H groups in total. The summed E-state index contributed by atoms with van der Waals surface area (Å²) in [6.07, 6.45) is -1.54. The minimum Gasteiger partial charge on any atom is -0.394 e. The van der Waals surface area contributed by atoms with E-state index in [-0.39, 0.29) is 6.73 Å². The lowest BCUT2D eigenvalue weighted by Gasteiger charge is -2.16. The lowest BCUT2D eigenvalue weighted by Crippen LogP contribution is -2.33. The lowest BCUT2D eigenvalue weighted by molar-refractivity contribution is -0.0511. The molecule has 1 aliphatic rings. The number of rotatable bonds is 4. The Morgan fingerprint density at radius 3 is 2.67 bits per heavy atom. The molecule has 1 aliphatic heterocycles. The van der Waals surface area contributed by atoms with Gasteiger partial charge in [0.1, 0.15) is 31.4 Å². The van der Waals surface area contributed by atoms with E-state index in [2.05, 4.69) is 20.3 Å². The fourth-order valence-electron chi connectivity index (χ4n) is 2.35. The van der Waals surface area contributed by atoms with Crippen LogP contribution in [-0.4, -0.2) is 71.6 Å². The molecule has 1 saturated heterocycles. The second-order valence-electron chi connectivity index (χ2n) is 4.61. The van der Waals surface area contributed by atoms with E-state index < -0.39 is 31.1 Å². The molecule has 0 aromatic carbocycles. The summed E-state index contributed by atoms with van der Waals surface area (Å²) >= 11 is 0. The highest BCUT2D eigenvalue weighted by atomic mass is 16.6. The van der Waals surface area contributed by atoms with Crippen LogP contribution in [-0.2, 0) is 4.74 Å². The third kappa shape index (κ3) is 2.22. The van der Waals surface area contributed by atoms with Gasteiger partial charge in [-0.05, 0) is 0 Å². The number of nitrogens with one attached hydrogen (secondary N) is 1. The summed E-state index contributed by atoms with van der Waals surface area (Å²) < 4.78 is 6.88. The molecule has 0 bridgehead atoms. The molecule has 3 rings (SSSR count). The zero-order chi connectivity index (χ0) is 15.0. The molecule has 0 aliphatic carbocycles. The molecule has 21 heavy (non-hydrogen) atoms. The number of imidazole rings is 1. The van der Waals surface area contributed by atoms with Crippen LogP contribution < -0.4 is 5.32 Å². The molecule has 0 radical (unpaired) electrons. The van der Waals surface area contributed by atoms with Gasteiger partial charge in [-0.25, -0.2) is 15.0 Å². The molecule has 3 heterocycles. The van der Waals surface area contributed by atoms with Crippen molar-refractivity contribution in [2.24, 2.45) is 0 Å². The maximum Gasteiger partial charge on any atom is 0.167 e. The van der Waals surface area contributed by atoms with Gasteiger partial charge in [0.15, 0.2) is 23.2 Å². The van der Waals surface area contributed by atoms with Crippen molar-refractivity contribution in [3.05, 3.63) is 12.7 Å². The van der Waals surface area contributed by atoms with Crippen LogP contribution >= 0.6 is 0 Å². The minimum absolute atomic E-state index is 0.313. The van der Waals surface area contributed by atoms with Gasteiger partial charge in [-0.15, -0.1) is 0 Å². The Bertz CT molecular complexity index is 634. The predicted octanol–water partition coefficient (Wildman–Crippen LogP) is -2.20. The molecule has 4 atom stereocenters. The molecule has 0 amide bonds. The molecule has 0 saturated carbocycles. The van der Waals surface area contributed by atoms with Crippen molar-refractivity contribution in [3.63, 3.8) is 0 Å². The van der Waals surface area contributed by atoms with E-state index in [1.54, 1.807) is 0 Å². The molecule has 10 nitrogen and oxygen atoms in total. The average molecular weight is 297 g/mol. The van der Waals surface area contributed by atoms with Crippen molar-refractivity contribution < 1.29 is 25.2 Å². The van der Waals surface area contributed by atoms with Crippen LogP contribution in [0.3, 0.4) is 0 Å². The number of ether oxygens (including phenoxy) is 1. The summed E-state index contributed by atoms with van der Waals surface area (Å²) in [6.45, 7) is -0.722. The fourth-order valence-corrected chi connectivity index (χ4v) is 2.35. The third-order valence-electron chi connectivity index (χ3n) is 3.40. The second kappa shape index (κ2) is 5.50. The molecule has 10 heteroatoms. The van der Waals surface area contributed by atoms with Crippen molar-refractivity contribution in [3.8, 4) is 0 Å². The Labute approximate surface area is 118 Å². The lowest BCUT2D eigenvalue weighted by atomic mass is 10.1. The number of nitrogens with zero attached hydrogens (tertiary/aromatic N) is 4. The van der Waals surface area contributed by atoms with Gasteiger partial charge in [-0.2, -0.15) is 0 Å². The Morgan fingerprint density at radius 1 is 1.19 bits per heavy atom. The van der Waals surface area contributed by atoms with Crippen LogP contribution in [0.25, 0.3) is 11.2 Å². The van der Waals surface area contributed by atoms with Crippen LogP contribution in [0.4, 0.5) is 5.82 Å². The summed E-state index contributed by atoms with van der Waals surface area (Å²) in [4.78, 5) is 12.1. The van der Waals surface area contributed by atoms with Gasteiger partial charge in [0.05, 0.1) is 12.9 Å². The molecular formula is C11H15N5O5. The van der Waals surface area contributed by atoms with Gasteiger partial charge in [0.25, 0.3) is 0 Å². The first kappa shape index (κ1) is 14.1. The highest BCUT2D eigenvalue weighted by Crippen LogP contribution is 2.31. The molecule has 2 aromatic heterocycles. The highest BCUT2D eigenvalue weighted by molar-refractivity contribution is 5.82. The predicted molar refractivity (Wildman–Crippen MR) is 69.0 cm³/mol. The SMILES string of the molecule is OCNc1ncnc2c1ncn2C1OC(CO)C(O)C1O. The van der Waals surface area contributed by atoms with E-state index in [1.165, 1.54) is 17.2 Å². The van der Waals surface area contributed by atoms with Gasteiger partial charge in [0, 0.05) is 0 Å². The quantitative estimate of drug-likeness (QED) is 0.397. The van der Waals surface area contributed by atoms with Gasteiger partial charge in [-0.1, -0.05) is 0 Å². The normalized spacial score (nSPS) is 29.1. The fraction of sp³-hybridized carbons (Fsp3) is 0.545. The number of aliphatic hydroxyl groups excluding tert-OH is 4. The van der Waals surface area contributed by atoms with Crippen LogP contribution in [0.1, 0.15) is 6.23 Å². The first-order chi connectivity index (χ1) is 10.2. The molecule has 1 fully saturated rings. The van der Waals surface area contributed by atoms with Crippen molar-refractivity contribution in [2.75, 3.05) is 18.7 Å². The van der Waals surface area contributed by atoms with Crippen molar-refractivity contribution >= 4 is 17.0 Å². The van der Waals surface area contributed by atoms with Crippen LogP contribution in [0.5, 0.6) is 0 Å². The molecule has 0 spiro atoms. The standard InChI is InChI=1S/C11H15N5O5/c17-1-5-7(19)8(20)11(21-5)16-3-14-6-9(15-4-18)12-2-13-10(6)16/h2-3,5,7-8,11,17-20H,1,4H2,(H,12,13,15). The number of hydrogen-bond donors (Lipinski definition) is 5. The van der Waals surface area contributed by atoms with Crippen LogP contribution in [0.2, 0.25) is 0 Å². The average Bonchev–Trinajstić information content (AvgIpc) is 3.03. The van der Waals surface area contributed by atoms with E-state index in [0.29, 0.717) is 17.0 Å². The summed E-state index contributed by atoms with van der Waals surface area (Å²) in [6, 6.07) is 0. The summed E-state index contributed by atoms with van der Waals surface area (Å²) in [5.74, 6) is 0.341. The Kier molecular flexibility index (Phi) is 3.69. The summed E-state index contributed by atoms with van der Waals surface area (Å²) in [7, 11) is 0. The Balaban J connectivity index is 2.00. The van der Waals surface area contributed by atoms with Gasteiger partial charge in [-0.3, -0.25) is 4.57 Å². The third-order valence-corrected chi connectivity index (χ3v) is 3.40. The van der Waals surface area contributed by atoms with Crippen molar-refractivity contribution in [2.45, 2.75) is 24.5 Å². The Morgan fingerprint density at radius 2 is 2.00 bits per heavy atom.